The second kappa shape index (κ2) is 4.41. The fraction of sp³-hybridized carbons (Fsp3) is 0.300. The zero-order valence-corrected chi connectivity index (χ0v) is 10.1. The summed E-state index contributed by atoms with van der Waals surface area (Å²) in [5.74, 6) is -0.642. The van der Waals surface area contributed by atoms with Crippen molar-refractivity contribution in [2.24, 2.45) is 0 Å². The number of carbonyl (C=O) groups is 1. The van der Waals surface area contributed by atoms with Gasteiger partial charge in [-0.3, -0.25) is 4.79 Å². The van der Waals surface area contributed by atoms with Crippen LogP contribution in [0.4, 0.5) is 18.9 Å². The SMILES string of the molecule is O=C1CCc2cc(OS(=O)(=O)C(F)(F)F)ccc2N1. The van der Waals surface area contributed by atoms with Crippen LogP contribution in [0.5, 0.6) is 5.75 Å². The zero-order chi connectivity index (χ0) is 14.3. The number of rotatable bonds is 2. The number of fused-ring (bicyclic) bond motifs is 1. The standard InChI is InChI=1S/C10H8F3NO4S/c11-10(12,13)19(16,17)18-7-2-3-8-6(5-7)1-4-9(15)14-8/h2-3,5H,1,4H2,(H,14,15). The maximum absolute atomic E-state index is 12.1. The summed E-state index contributed by atoms with van der Waals surface area (Å²) < 4.78 is 62.1. The molecule has 0 spiro atoms. The Morgan fingerprint density at radius 1 is 1.21 bits per heavy atom. The summed E-state index contributed by atoms with van der Waals surface area (Å²) in [5, 5.41) is 2.51. The Kier molecular flexibility index (Phi) is 3.17. The predicted octanol–water partition coefficient (Wildman–Crippen LogP) is 1.80. The van der Waals surface area contributed by atoms with E-state index in [0.717, 1.165) is 12.1 Å². The molecule has 1 amide bonds. The normalized spacial score (nSPS) is 15.6. The van der Waals surface area contributed by atoms with E-state index in [0.29, 0.717) is 17.7 Å². The lowest BCUT2D eigenvalue weighted by Gasteiger charge is -2.17. The second-order valence-electron chi connectivity index (χ2n) is 3.85. The molecule has 1 aliphatic heterocycles. The van der Waals surface area contributed by atoms with Crippen LogP contribution in [-0.2, 0) is 21.3 Å². The molecule has 0 saturated heterocycles. The van der Waals surface area contributed by atoms with Gasteiger partial charge in [-0.1, -0.05) is 0 Å². The first-order chi connectivity index (χ1) is 8.69. The highest BCUT2D eigenvalue weighted by atomic mass is 32.2. The minimum atomic E-state index is -5.68. The summed E-state index contributed by atoms with van der Waals surface area (Å²) in [7, 11) is -5.68. The minimum absolute atomic E-state index is 0.183. The molecule has 1 aromatic rings. The van der Waals surface area contributed by atoms with E-state index in [2.05, 4.69) is 9.50 Å². The Hall–Kier alpha value is -1.77. The summed E-state index contributed by atoms with van der Waals surface area (Å²) in [5.41, 5.74) is -4.51. The predicted molar refractivity (Wildman–Crippen MR) is 59.0 cm³/mol. The number of halogens is 3. The van der Waals surface area contributed by atoms with Gasteiger partial charge in [-0.15, -0.1) is 0 Å². The highest BCUT2D eigenvalue weighted by Gasteiger charge is 2.48. The van der Waals surface area contributed by atoms with Crippen molar-refractivity contribution >= 4 is 21.7 Å². The largest absolute Gasteiger partial charge is 0.534 e. The number of aryl methyl sites for hydroxylation is 1. The molecule has 19 heavy (non-hydrogen) atoms. The molecule has 0 radical (unpaired) electrons. The lowest BCUT2D eigenvalue weighted by molar-refractivity contribution is -0.116. The number of nitrogens with one attached hydrogen (secondary N) is 1. The van der Waals surface area contributed by atoms with Gasteiger partial charge < -0.3 is 9.50 Å². The van der Waals surface area contributed by atoms with E-state index in [1.807, 2.05) is 0 Å². The molecule has 0 aliphatic carbocycles. The Bertz CT molecular complexity index is 624. The van der Waals surface area contributed by atoms with Gasteiger partial charge in [0.15, 0.2) is 0 Å². The molecule has 1 aromatic carbocycles. The molecule has 0 saturated carbocycles. The number of carbonyl (C=O) groups excluding carboxylic acids is 1. The summed E-state index contributed by atoms with van der Waals surface area (Å²) in [6.07, 6.45) is 0.493. The highest BCUT2D eigenvalue weighted by Crippen LogP contribution is 2.31. The van der Waals surface area contributed by atoms with Crippen molar-refractivity contribution in [3.8, 4) is 5.75 Å². The maximum atomic E-state index is 12.1. The van der Waals surface area contributed by atoms with Gasteiger partial charge in [0.1, 0.15) is 5.75 Å². The second-order valence-corrected chi connectivity index (χ2v) is 5.39. The van der Waals surface area contributed by atoms with Crippen LogP contribution in [0, 0.1) is 0 Å². The number of amides is 1. The van der Waals surface area contributed by atoms with E-state index in [4.69, 9.17) is 0 Å². The average Bonchev–Trinajstić information content (AvgIpc) is 2.27. The first-order valence-corrected chi connectivity index (χ1v) is 6.53. The number of alkyl halides is 3. The summed E-state index contributed by atoms with van der Waals surface area (Å²) in [6.45, 7) is 0. The van der Waals surface area contributed by atoms with Gasteiger partial charge >= 0.3 is 15.6 Å². The quantitative estimate of drug-likeness (QED) is 0.667. The Balaban J connectivity index is 2.27. The smallest absolute Gasteiger partial charge is 0.376 e. The molecule has 1 heterocycles. The monoisotopic (exact) mass is 295 g/mol. The van der Waals surface area contributed by atoms with Gasteiger partial charge in [0.05, 0.1) is 0 Å². The molecular weight excluding hydrogens is 287 g/mol. The third kappa shape index (κ3) is 2.80. The average molecular weight is 295 g/mol. The van der Waals surface area contributed by atoms with Gasteiger partial charge in [-0.25, -0.2) is 0 Å². The lowest BCUT2D eigenvalue weighted by Crippen LogP contribution is -2.28. The van der Waals surface area contributed by atoms with E-state index in [9.17, 15) is 26.4 Å². The van der Waals surface area contributed by atoms with Crippen molar-refractivity contribution in [3.63, 3.8) is 0 Å². The van der Waals surface area contributed by atoms with Crippen LogP contribution in [0.3, 0.4) is 0 Å². The molecule has 1 aliphatic rings. The molecule has 1 N–H and O–H groups in total. The van der Waals surface area contributed by atoms with Crippen molar-refractivity contribution in [2.45, 2.75) is 18.3 Å². The van der Waals surface area contributed by atoms with Gasteiger partial charge in [0, 0.05) is 12.1 Å². The first-order valence-electron chi connectivity index (χ1n) is 5.12. The molecule has 9 heteroatoms. The van der Waals surface area contributed by atoms with E-state index in [-0.39, 0.29) is 12.3 Å². The van der Waals surface area contributed by atoms with Crippen molar-refractivity contribution in [1.82, 2.24) is 0 Å². The fourth-order valence-electron chi connectivity index (χ4n) is 1.59. The van der Waals surface area contributed by atoms with Crippen LogP contribution in [0.1, 0.15) is 12.0 Å². The molecule has 104 valence electrons. The summed E-state index contributed by atoms with van der Waals surface area (Å²) in [6, 6.07) is 3.51. The minimum Gasteiger partial charge on any atom is -0.376 e. The molecule has 0 fully saturated rings. The number of anilines is 1. The van der Waals surface area contributed by atoms with Gasteiger partial charge in [-0.2, -0.15) is 21.6 Å². The van der Waals surface area contributed by atoms with Crippen molar-refractivity contribution < 1.29 is 30.6 Å². The number of benzene rings is 1. The Labute approximate surface area is 106 Å². The van der Waals surface area contributed by atoms with E-state index in [1.54, 1.807) is 0 Å². The van der Waals surface area contributed by atoms with Gasteiger partial charge in [0.2, 0.25) is 5.91 Å². The van der Waals surface area contributed by atoms with Crippen molar-refractivity contribution in [1.29, 1.82) is 0 Å². The van der Waals surface area contributed by atoms with Crippen LogP contribution in [0.15, 0.2) is 18.2 Å². The molecule has 0 bridgehead atoms. The Morgan fingerprint density at radius 3 is 2.53 bits per heavy atom. The fourth-order valence-corrected chi connectivity index (χ4v) is 2.04. The van der Waals surface area contributed by atoms with E-state index >= 15 is 0 Å². The van der Waals surface area contributed by atoms with Crippen molar-refractivity contribution in [3.05, 3.63) is 23.8 Å². The Morgan fingerprint density at radius 2 is 1.89 bits per heavy atom. The molecule has 0 aromatic heterocycles. The maximum Gasteiger partial charge on any atom is 0.534 e. The van der Waals surface area contributed by atoms with Crippen LogP contribution >= 0.6 is 0 Å². The van der Waals surface area contributed by atoms with Crippen LogP contribution in [0.25, 0.3) is 0 Å². The first kappa shape index (κ1) is 13.7. The van der Waals surface area contributed by atoms with Crippen LogP contribution in [-0.4, -0.2) is 19.8 Å². The molecule has 2 rings (SSSR count). The molecule has 0 atom stereocenters. The summed E-state index contributed by atoms with van der Waals surface area (Å²) >= 11 is 0. The van der Waals surface area contributed by atoms with Crippen LogP contribution < -0.4 is 9.50 Å². The third-order valence-electron chi connectivity index (χ3n) is 2.46. The van der Waals surface area contributed by atoms with Gasteiger partial charge in [0.25, 0.3) is 0 Å². The number of hydrogen-bond donors (Lipinski definition) is 1. The summed E-state index contributed by atoms with van der Waals surface area (Å²) in [4.78, 5) is 11.1. The van der Waals surface area contributed by atoms with E-state index in [1.165, 1.54) is 6.07 Å². The topological polar surface area (TPSA) is 72.5 Å². The van der Waals surface area contributed by atoms with Gasteiger partial charge in [-0.05, 0) is 30.2 Å². The number of hydrogen-bond acceptors (Lipinski definition) is 4. The highest BCUT2D eigenvalue weighted by molar-refractivity contribution is 7.88. The van der Waals surface area contributed by atoms with Crippen LogP contribution in [0.2, 0.25) is 0 Å². The molecular formula is C10H8F3NO4S. The zero-order valence-electron chi connectivity index (χ0n) is 9.32. The molecule has 0 unspecified atom stereocenters. The molecule has 5 nitrogen and oxygen atoms in total. The van der Waals surface area contributed by atoms with E-state index < -0.39 is 21.4 Å². The van der Waals surface area contributed by atoms with Crippen molar-refractivity contribution in [2.75, 3.05) is 5.32 Å². The third-order valence-corrected chi connectivity index (χ3v) is 3.44. The lowest BCUT2D eigenvalue weighted by atomic mass is 10.0.